The monoisotopic (exact) mass is 168 g/mol. The smallest absolute Gasteiger partial charge is 0.331 e. The van der Waals surface area contributed by atoms with Crippen LogP contribution >= 0.6 is 0 Å². The van der Waals surface area contributed by atoms with Gasteiger partial charge < -0.3 is 4.74 Å². The molecule has 0 N–H and O–H groups in total. The minimum Gasteiger partial charge on any atom is -0.460 e. The first kappa shape index (κ1) is 11.0. The van der Waals surface area contributed by atoms with Crippen molar-refractivity contribution in [2.75, 3.05) is 0 Å². The van der Waals surface area contributed by atoms with E-state index in [0.29, 0.717) is 0 Å². The van der Waals surface area contributed by atoms with Crippen LogP contribution in [-0.2, 0) is 9.53 Å². The van der Waals surface area contributed by atoms with Crippen molar-refractivity contribution in [1.29, 1.82) is 0 Å². The summed E-state index contributed by atoms with van der Waals surface area (Å²) in [5.74, 6) is -0.276. The minimum atomic E-state index is -0.276. The highest BCUT2D eigenvalue weighted by molar-refractivity contribution is 5.82. The van der Waals surface area contributed by atoms with Crippen LogP contribution < -0.4 is 0 Å². The third-order valence-electron chi connectivity index (χ3n) is 1.43. The van der Waals surface area contributed by atoms with Crippen molar-refractivity contribution in [2.45, 2.75) is 33.3 Å². The molecule has 0 saturated heterocycles. The van der Waals surface area contributed by atoms with E-state index in [4.69, 9.17) is 4.74 Å². The summed E-state index contributed by atoms with van der Waals surface area (Å²) in [6, 6.07) is 0. The Bertz CT molecular complexity index is 180. The van der Waals surface area contributed by atoms with Gasteiger partial charge in [0.05, 0.1) is 6.10 Å². The Hall–Kier alpha value is -1.05. The van der Waals surface area contributed by atoms with E-state index in [-0.39, 0.29) is 12.1 Å². The van der Waals surface area contributed by atoms with Crippen molar-refractivity contribution >= 4 is 5.97 Å². The molecule has 1 atom stereocenters. The van der Waals surface area contributed by atoms with Gasteiger partial charge in [0.25, 0.3) is 0 Å². The van der Waals surface area contributed by atoms with Gasteiger partial charge in [0.15, 0.2) is 0 Å². The van der Waals surface area contributed by atoms with Gasteiger partial charge in [-0.05, 0) is 20.3 Å². The SMILES string of the molecule is CC=CC=CC(=O)OC(C)CC. The minimum absolute atomic E-state index is 0.00718. The van der Waals surface area contributed by atoms with Crippen molar-refractivity contribution in [3.63, 3.8) is 0 Å². The Labute approximate surface area is 73.9 Å². The number of ether oxygens (including phenoxy) is 1. The summed E-state index contributed by atoms with van der Waals surface area (Å²) in [6.07, 6.45) is 7.60. The lowest BCUT2D eigenvalue weighted by atomic mass is 10.3. The molecule has 0 spiro atoms. The zero-order valence-electron chi connectivity index (χ0n) is 7.91. The van der Waals surface area contributed by atoms with E-state index in [9.17, 15) is 4.79 Å². The predicted molar refractivity (Wildman–Crippen MR) is 49.8 cm³/mol. The van der Waals surface area contributed by atoms with Crippen LogP contribution in [0.5, 0.6) is 0 Å². The van der Waals surface area contributed by atoms with E-state index in [1.54, 1.807) is 12.2 Å². The van der Waals surface area contributed by atoms with Crippen LogP contribution in [0, 0.1) is 0 Å². The van der Waals surface area contributed by atoms with Crippen molar-refractivity contribution in [3.8, 4) is 0 Å². The first-order valence-electron chi connectivity index (χ1n) is 4.20. The average Bonchev–Trinajstić information content (AvgIpc) is 2.05. The van der Waals surface area contributed by atoms with Crippen molar-refractivity contribution < 1.29 is 9.53 Å². The van der Waals surface area contributed by atoms with Crippen LogP contribution in [0.25, 0.3) is 0 Å². The first-order valence-corrected chi connectivity index (χ1v) is 4.20. The fourth-order valence-electron chi connectivity index (χ4n) is 0.566. The number of hydrogen-bond donors (Lipinski definition) is 0. The molecule has 0 bridgehead atoms. The first-order chi connectivity index (χ1) is 5.70. The summed E-state index contributed by atoms with van der Waals surface area (Å²) in [5.41, 5.74) is 0. The van der Waals surface area contributed by atoms with Crippen LogP contribution in [0.4, 0.5) is 0 Å². The molecule has 0 aliphatic rings. The maximum Gasteiger partial charge on any atom is 0.331 e. The third-order valence-corrected chi connectivity index (χ3v) is 1.43. The third kappa shape index (κ3) is 5.71. The van der Waals surface area contributed by atoms with Gasteiger partial charge in [-0.25, -0.2) is 4.79 Å². The van der Waals surface area contributed by atoms with Gasteiger partial charge in [-0.1, -0.05) is 25.2 Å². The molecule has 0 fully saturated rings. The topological polar surface area (TPSA) is 26.3 Å². The average molecular weight is 168 g/mol. The molecule has 0 heterocycles. The Morgan fingerprint density at radius 1 is 1.50 bits per heavy atom. The largest absolute Gasteiger partial charge is 0.460 e. The molecular formula is C10H16O2. The van der Waals surface area contributed by atoms with Gasteiger partial charge in [0.1, 0.15) is 0 Å². The summed E-state index contributed by atoms with van der Waals surface area (Å²) in [5, 5.41) is 0. The van der Waals surface area contributed by atoms with Crippen LogP contribution in [0.1, 0.15) is 27.2 Å². The second kappa shape index (κ2) is 6.65. The second-order valence-electron chi connectivity index (χ2n) is 2.54. The Morgan fingerprint density at radius 3 is 2.67 bits per heavy atom. The molecule has 0 aromatic heterocycles. The van der Waals surface area contributed by atoms with Crippen LogP contribution in [-0.4, -0.2) is 12.1 Å². The van der Waals surface area contributed by atoms with Crippen LogP contribution in [0.15, 0.2) is 24.3 Å². The molecule has 0 radical (unpaired) electrons. The molecule has 0 aromatic carbocycles. The number of rotatable bonds is 4. The molecule has 1 unspecified atom stereocenters. The Balaban J connectivity index is 3.73. The molecule has 0 aromatic rings. The van der Waals surface area contributed by atoms with E-state index >= 15 is 0 Å². The van der Waals surface area contributed by atoms with Crippen molar-refractivity contribution in [2.24, 2.45) is 0 Å². The zero-order valence-corrected chi connectivity index (χ0v) is 7.91. The normalized spacial score (nSPS) is 13.9. The summed E-state index contributed by atoms with van der Waals surface area (Å²) < 4.78 is 4.99. The summed E-state index contributed by atoms with van der Waals surface area (Å²) in [4.78, 5) is 10.9. The molecule has 0 aliphatic heterocycles. The van der Waals surface area contributed by atoms with E-state index in [1.165, 1.54) is 6.08 Å². The molecule has 68 valence electrons. The summed E-state index contributed by atoms with van der Waals surface area (Å²) in [7, 11) is 0. The van der Waals surface area contributed by atoms with Gasteiger partial charge in [-0.2, -0.15) is 0 Å². The summed E-state index contributed by atoms with van der Waals surface area (Å²) >= 11 is 0. The highest BCUT2D eigenvalue weighted by Gasteiger charge is 2.01. The molecule has 12 heavy (non-hydrogen) atoms. The molecule has 2 heteroatoms. The van der Waals surface area contributed by atoms with Crippen LogP contribution in [0.3, 0.4) is 0 Å². The zero-order chi connectivity index (χ0) is 9.40. The molecule has 0 aliphatic carbocycles. The number of hydrogen-bond acceptors (Lipinski definition) is 2. The van der Waals surface area contributed by atoms with Gasteiger partial charge >= 0.3 is 5.97 Å². The highest BCUT2D eigenvalue weighted by atomic mass is 16.5. The Morgan fingerprint density at radius 2 is 2.17 bits per heavy atom. The van der Waals surface area contributed by atoms with Crippen LogP contribution in [0.2, 0.25) is 0 Å². The van der Waals surface area contributed by atoms with Crippen molar-refractivity contribution in [3.05, 3.63) is 24.3 Å². The number of esters is 1. The van der Waals surface area contributed by atoms with E-state index in [0.717, 1.165) is 6.42 Å². The van der Waals surface area contributed by atoms with Gasteiger partial charge in [0.2, 0.25) is 0 Å². The quantitative estimate of drug-likeness (QED) is 0.366. The lowest BCUT2D eigenvalue weighted by Crippen LogP contribution is -2.11. The molecular weight excluding hydrogens is 152 g/mol. The Kier molecular flexibility index (Phi) is 6.07. The standard InChI is InChI=1S/C10H16O2/c1-4-6-7-8-10(11)12-9(3)5-2/h4,6-9H,5H2,1-3H3. The maximum absolute atomic E-state index is 10.9. The molecule has 0 amide bonds. The van der Waals surface area contributed by atoms with E-state index in [2.05, 4.69) is 0 Å². The predicted octanol–water partition coefficient (Wildman–Crippen LogP) is 2.46. The highest BCUT2D eigenvalue weighted by Crippen LogP contribution is 1.96. The number of carbonyl (C=O) groups excluding carboxylic acids is 1. The molecule has 0 saturated carbocycles. The number of allylic oxidation sites excluding steroid dienone is 3. The molecule has 0 rings (SSSR count). The van der Waals surface area contributed by atoms with Crippen molar-refractivity contribution in [1.82, 2.24) is 0 Å². The summed E-state index contributed by atoms with van der Waals surface area (Å²) in [6.45, 7) is 5.75. The molecule has 2 nitrogen and oxygen atoms in total. The van der Waals surface area contributed by atoms with E-state index in [1.807, 2.05) is 26.8 Å². The van der Waals surface area contributed by atoms with E-state index < -0.39 is 0 Å². The van der Waals surface area contributed by atoms with Gasteiger partial charge in [-0.15, -0.1) is 0 Å². The fraction of sp³-hybridized carbons (Fsp3) is 0.500. The van der Waals surface area contributed by atoms with Gasteiger partial charge in [-0.3, -0.25) is 0 Å². The lowest BCUT2D eigenvalue weighted by Gasteiger charge is -2.07. The lowest BCUT2D eigenvalue weighted by molar-refractivity contribution is -0.142. The maximum atomic E-state index is 10.9. The second-order valence-corrected chi connectivity index (χ2v) is 2.54. The number of carbonyl (C=O) groups is 1. The van der Waals surface area contributed by atoms with Gasteiger partial charge in [0, 0.05) is 6.08 Å². The fourth-order valence-corrected chi connectivity index (χ4v) is 0.566.